The fraction of sp³-hybridized carbons (Fsp3) is 0.938. The number of carbonyl (C=O) groups is 1. The van der Waals surface area contributed by atoms with Gasteiger partial charge in [-0.15, -0.1) is 0 Å². The van der Waals surface area contributed by atoms with Crippen LogP contribution in [0.15, 0.2) is 0 Å². The molecule has 1 heterocycles. The van der Waals surface area contributed by atoms with Gasteiger partial charge in [0, 0.05) is 24.4 Å². The lowest BCUT2D eigenvalue weighted by Crippen LogP contribution is -2.49. The van der Waals surface area contributed by atoms with Gasteiger partial charge in [0.1, 0.15) is 6.10 Å². The van der Waals surface area contributed by atoms with E-state index in [1.54, 1.807) is 0 Å². The minimum Gasteiger partial charge on any atom is -0.461 e. The molecule has 3 aliphatic rings. The number of ether oxygens (including phenoxy) is 1. The highest BCUT2D eigenvalue weighted by molar-refractivity contribution is 7.89. The maximum absolute atomic E-state index is 12.9. The molecular formula is C16H27NO4S. The summed E-state index contributed by atoms with van der Waals surface area (Å²) < 4.78 is 32.9. The third-order valence-corrected chi connectivity index (χ3v) is 8.94. The van der Waals surface area contributed by atoms with E-state index in [4.69, 9.17) is 4.74 Å². The molecule has 2 saturated carbocycles. The Morgan fingerprint density at radius 1 is 1.27 bits per heavy atom. The van der Waals surface area contributed by atoms with E-state index in [1.807, 2.05) is 13.8 Å². The van der Waals surface area contributed by atoms with Crippen molar-refractivity contribution in [3.05, 3.63) is 0 Å². The fourth-order valence-electron chi connectivity index (χ4n) is 5.55. The van der Waals surface area contributed by atoms with Gasteiger partial charge in [0.25, 0.3) is 0 Å². The normalized spacial score (nSPS) is 39.3. The molecule has 2 bridgehead atoms. The molecule has 0 spiro atoms. The summed E-state index contributed by atoms with van der Waals surface area (Å²) in [5, 5.41) is 0. The van der Waals surface area contributed by atoms with Crippen LogP contribution >= 0.6 is 0 Å². The van der Waals surface area contributed by atoms with Gasteiger partial charge in [0.2, 0.25) is 10.0 Å². The highest BCUT2D eigenvalue weighted by Gasteiger charge is 2.72. The van der Waals surface area contributed by atoms with Gasteiger partial charge in [-0.05, 0) is 24.2 Å². The molecule has 0 aromatic heterocycles. The summed E-state index contributed by atoms with van der Waals surface area (Å²) in [5.41, 5.74) is -0.515. The molecule has 0 unspecified atom stereocenters. The lowest BCUT2D eigenvalue weighted by atomic mass is 9.69. The Balaban J connectivity index is 1.98. The van der Waals surface area contributed by atoms with E-state index < -0.39 is 15.4 Å². The molecule has 0 aromatic rings. The monoisotopic (exact) mass is 329 g/mol. The predicted molar refractivity (Wildman–Crippen MR) is 83.6 cm³/mol. The second-order valence-corrected chi connectivity index (χ2v) is 9.61. The quantitative estimate of drug-likeness (QED) is 0.724. The minimum absolute atomic E-state index is 0.0940. The van der Waals surface area contributed by atoms with Crippen LogP contribution in [0.2, 0.25) is 0 Å². The SMILES string of the molecule is CCN(CC)S(=O)(=O)C[C@]12CC[C@@H]([C@@H]3CC(=O)O[C@H]31)C2(C)C. The molecule has 4 atom stereocenters. The number of nitrogens with zero attached hydrogens (tertiary/aromatic N) is 1. The van der Waals surface area contributed by atoms with E-state index in [0.717, 1.165) is 12.8 Å². The van der Waals surface area contributed by atoms with Crippen molar-refractivity contribution in [2.24, 2.45) is 22.7 Å². The molecule has 0 N–H and O–H groups in total. The van der Waals surface area contributed by atoms with Gasteiger partial charge in [0.15, 0.2) is 0 Å². The van der Waals surface area contributed by atoms with Crippen LogP contribution in [0, 0.1) is 22.7 Å². The van der Waals surface area contributed by atoms with Crippen molar-refractivity contribution in [1.29, 1.82) is 0 Å². The van der Waals surface area contributed by atoms with Crippen LogP contribution in [0.4, 0.5) is 0 Å². The standard InChI is InChI=1S/C16H27NO4S/c1-5-17(6-2)22(19,20)10-16-8-7-12(15(16,3)4)11-9-13(18)21-14(11)16/h11-12,14H,5-10H2,1-4H3/t11-,12-,14+,16+/m0/s1. The van der Waals surface area contributed by atoms with E-state index in [-0.39, 0.29) is 29.2 Å². The lowest BCUT2D eigenvalue weighted by molar-refractivity contribution is -0.147. The van der Waals surface area contributed by atoms with E-state index in [0.29, 0.717) is 25.4 Å². The molecule has 0 amide bonds. The summed E-state index contributed by atoms with van der Waals surface area (Å²) in [6.07, 6.45) is 2.11. The first-order chi connectivity index (χ1) is 10.2. The Kier molecular flexibility index (Phi) is 3.64. The Morgan fingerprint density at radius 2 is 1.91 bits per heavy atom. The second kappa shape index (κ2) is 4.94. The Bertz CT molecular complexity index is 581. The van der Waals surface area contributed by atoms with Crippen LogP contribution in [0.25, 0.3) is 0 Å². The molecule has 22 heavy (non-hydrogen) atoms. The van der Waals surface area contributed by atoms with Crippen molar-refractivity contribution in [2.75, 3.05) is 18.8 Å². The maximum Gasteiger partial charge on any atom is 0.306 e. The van der Waals surface area contributed by atoms with Crippen molar-refractivity contribution < 1.29 is 17.9 Å². The topological polar surface area (TPSA) is 63.7 Å². The van der Waals surface area contributed by atoms with E-state index in [2.05, 4.69) is 13.8 Å². The first-order valence-corrected chi connectivity index (χ1v) is 9.98. The van der Waals surface area contributed by atoms with Gasteiger partial charge in [-0.2, -0.15) is 0 Å². The predicted octanol–water partition coefficient (Wildman–Crippen LogP) is 2.03. The van der Waals surface area contributed by atoms with Crippen molar-refractivity contribution in [3.8, 4) is 0 Å². The number of sulfonamides is 1. The number of fused-ring (bicyclic) bond motifs is 5. The maximum atomic E-state index is 12.9. The van der Waals surface area contributed by atoms with Crippen LogP contribution in [0.5, 0.6) is 0 Å². The Morgan fingerprint density at radius 3 is 2.50 bits per heavy atom. The highest BCUT2D eigenvalue weighted by Crippen LogP contribution is 2.71. The number of hydrogen-bond acceptors (Lipinski definition) is 4. The zero-order chi connectivity index (χ0) is 16.3. The third-order valence-electron chi connectivity index (χ3n) is 6.76. The summed E-state index contributed by atoms with van der Waals surface area (Å²) in [6.45, 7) is 9.07. The van der Waals surface area contributed by atoms with Gasteiger partial charge in [-0.25, -0.2) is 12.7 Å². The van der Waals surface area contributed by atoms with Crippen molar-refractivity contribution in [3.63, 3.8) is 0 Å². The first-order valence-electron chi connectivity index (χ1n) is 8.37. The molecule has 0 aromatic carbocycles. The van der Waals surface area contributed by atoms with E-state index in [9.17, 15) is 13.2 Å². The van der Waals surface area contributed by atoms with Gasteiger partial charge in [-0.1, -0.05) is 27.7 Å². The molecule has 1 saturated heterocycles. The first kappa shape index (κ1) is 16.2. The van der Waals surface area contributed by atoms with Gasteiger partial charge in [-0.3, -0.25) is 4.79 Å². The number of hydrogen-bond donors (Lipinski definition) is 0. The van der Waals surface area contributed by atoms with Crippen LogP contribution in [0.1, 0.15) is 47.0 Å². The smallest absolute Gasteiger partial charge is 0.306 e. The molecule has 1 aliphatic heterocycles. The number of carbonyl (C=O) groups excluding carboxylic acids is 1. The molecule has 3 fully saturated rings. The summed E-state index contributed by atoms with van der Waals surface area (Å²) in [7, 11) is -3.33. The molecule has 5 nitrogen and oxygen atoms in total. The highest BCUT2D eigenvalue weighted by atomic mass is 32.2. The zero-order valence-electron chi connectivity index (χ0n) is 14.0. The molecule has 3 rings (SSSR count). The van der Waals surface area contributed by atoms with Crippen LogP contribution < -0.4 is 0 Å². The zero-order valence-corrected chi connectivity index (χ0v) is 14.8. The van der Waals surface area contributed by atoms with Gasteiger partial charge >= 0.3 is 5.97 Å². The third kappa shape index (κ3) is 1.92. The largest absolute Gasteiger partial charge is 0.461 e. The second-order valence-electron chi connectivity index (χ2n) is 7.64. The van der Waals surface area contributed by atoms with Crippen LogP contribution in [-0.4, -0.2) is 43.6 Å². The van der Waals surface area contributed by atoms with Crippen LogP contribution in [0.3, 0.4) is 0 Å². The Labute approximate surface area is 133 Å². The minimum atomic E-state index is -3.33. The lowest BCUT2D eigenvalue weighted by Gasteiger charge is -2.41. The van der Waals surface area contributed by atoms with Crippen molar-refractivity contribution >= 4 is 16.0 Å². The average Bonchev–Trinajstić information content (AvgIpc) is 2.95. The molecular weight excluding hydrogens is 302 g/mol. The van der Waals surface area contributed by atoms with E-state index in [1.165, 1.54) is 4.31 Å². The van der Waals surface area contributed by atoms with Crippen molar-refractivity contribution in [2.45, 2.75) is 53.1 Å². The average molecular weight is 329 g/mol. The van der Waals surface area contributed by atoms with Gasteiger partial charge < -0.3 is 4.74 Å². The number of rotatable bonds is 5. The summed E-state index contributed by atoms with van der Waals surface area (Å²) in [6, 6.07) is 0. The molecule has 2 aliphatic carbocycles. The Hall–Kier alpha value is -0.620. The number of esters is 1. The van der Waals surface area contributed by atoms with E-state index >= 15 is 0 Å². The van der Waals surface area contributed by atoms with Gasteiger partial charge in [0.05, 0.1) is 12.2 Å². The summed E-state index contributed by atoms with van der Waals surface area (Å²) >= 11 is 0. The fourth-order valence-corrected chi connectivity index (χ4v) is 7.85. The summed E-state index contributed by atoms with van der Waals surface area (Å²) in [4.78, 5) is 11.8. The van der Waals surface area contributed by atoms with Crippen LogP contribution in [-0.2, 0) is 19.6 Å². The molecule has 0 radical (unpaired) electrons. The molecule has 6 heteroatoms. The van der Waals surface area contributed by atoms with Crippen molar-refractivity contribution in [1.82, 2.24) is 4.31 Å². The summed E-state index contributed by atoms with van der Waals surface area (Å²) in [5.74, 6) is 0.570. The molecule has 126 valence electrons.